The summed E-state index contributed by atoms with van der Waals surface area (Å²) >= 11 is 0. The van der Waals surface area contributed by atoms with Gasteiger partial charge in [0.05, 0.1) is 17.6 Å². The normalized spacial score (nSPS) is 11.2. The van der Waals surface area contributed by atoms with Gasteiger partial charge in [0.25, 0.3) is 0 Å². The molecular weight excluding hydrogens is 396 g/mol. The summed E-state index contributed by atoms with van der Waals surface area (Å²) in [5.41, 5.74) is 3.35. The van der Waals surface area contributed by atoms with E-state index in [1.54, 1.807) is 0 Å². The molecule has 0 aliphatic rings. The van der Waals surface area contributed by atoms with Crippen LogP contribution in [-0.2, 0) is 13.2 Å². The Balaban J connectivity index is 1.31. The average Bonchev–Trinajstić information content (AvgIpc) is 3.19. The Bertz CT molecular complexity index is 1330. The third kappa shape index (κ3) is 4.30. The molecule has 4 heteroatoms. The van der Waals surface area contributed by atoms with Crippen molar-refractivity contribution in [1.29, 1.82) is 0 Å². The lowest BCUT2D eigenvalue weighted by atomic mass is 10.1. The highest BCUT2D eigenvalue weighted by Gasteiger charge is 2.12. The van der Waals surface area contributed by atoms with Crippen molar-refractivity contribution in [3.63, 3.8) is 0 Å². The lowest BCUT2D eigenvalue weighted by Gasteiger charge is -2.12. The zero-order valence-electron chi connectivity index (χ0n) is 18.2. The fourth-order valence-corrected chi connectivity index (χ4v) is 4.00. The number of aryl methyl sites for hydroxylation is 2. The number of imidazole rings is 1. The van der Waals surface area contributed by atoms with Crippen LogP contribution in [0.15, 0.2) is 91.0 Å². The number of ether oxygens (including phenoxy) is 2. The number of fused-ring (bicyclic) bond motifs is 2. The number of hydrogen-bond acceptors (Lipinski definition) is 3. The van der Waals surface area contributed by atoms with E-state index in [1.165, 1.54) is 10.9 Å². The molecule has 32 heavy (non-hydrogen) atoms. The summed E-state index contributed by atoms with van der Waals surface area (Å²) in [7, 11) is 0. The van der Waals surface area contributed by atoms with Gasteiger partial charge < -0.3 is 14.0 Å². The molecule has 0 fully saturated rings. The molecule has 0 N–H and O–H groups in total. The van der Waals surface area contributed by atoms with E-state index in [0.29, 0.717) is 13.2 Å². The Morgan fingerprint density at radius 2 is 1.56 bits per heavy atom. The fraction of sp³-hybridized carbons (Fsp3) is 0.179. The molecule has 0 bridgehead atoms. The molecule has 0 spiro atoms. The molecule has 160 valence electrons. The summed E-state index contributed by atoms with van der Waals surface area (Å²) in [6, 6.07) is 30.9. The van der Waals surface area contributed by atoms with Crippen LogP contribution in [0.3, 0.4) is 0 Å². The standard InChI is InChI=1S/C28H26N2O2/c1-21-14-16-23(17-15-21)31-19-7-18-30-26-12-5-4-11-25(26)29-28(30)20-32-27-13-6-9-22-8-2-3-10-24(22)27/h2-6,8-17H,7,18-20H2,1H3. The van der Waals surface area contributed by atoms with Gasteiger partial charge in [-0.25, -0.2) is 4.98 Å². The number of aromatic nitrogens is 2. The largest absolute Gasteiger partial charge is 0.494 e. The predicted octanol–water partition coefficient (Wildman–Crippen LogP) is 6.55. The van der Waals surface area contributed by atoms with Gasteiger partial charge in [0, 0.05) is 11.9 Å². The van der Waals surface area contributed by atoms with E-state index in [1.807, 2.05) is 42.5 Å². The van der Waals surface area contributed by atoms with Crippen molar-refractivity contribution >= 4 is 21.8 Å². The van der Waals surface area contributed by atoms with Crippen LogP contribution < -0.4 is 9.47 Å². The summed E-state index contributed by atoms with van der Waals surface area (Å²) < 4.78 is 14.4. The van der Waals surface area contributed by atoms with E-state index >= 15 is 0 Å². The Morgan fingerprint density at radius 1 is 0.781 bits per heavy atom. The van der Waals surface area contributed by atoms with Crippen LogP contribution in [-0.4, -0.2) is 16.2 Å². The van der Waals surface area contributed by atoms with Gasteiger partial charge in [-0.15, -0.1) is 0 Å². The molecule has 0 radical (unpaired) electrons. The van der Waals surface area contributed by atoms with Crippen LogP contribution in [0.4, 0.5) is 0 Å². The summed E-state index contributed by atoms with van der Waals surface area (Å²) in [5.74, 6) is 2.71. The number of rotatable bonds is 8. The van der Waals surface area contributed by atoms with Crippen LogP contribution in [0.25, 0.3) is 21.8 Å². The molecule has 0 saturated heterocycles. The lowest BCUT2D eigenvalue weighted by molar-refractivity contribution is 0.282. The molecule has 0 aliphatic carbocycles. The molecular formula is C28H26N2O2. The fourth-order valence-electron chi connectivity index (χ4n) is 4.00. The second-order valence-electron chi connectivity index (χ2n) is 7.95. The van der Waals surface area contributed by atoms with Crippen LogP contribution >= 0.6 is 0 Å². The van der Waals surface area contributed by atoms with Crippen LogP contribution in [0, 0.1) is 6.92 Å². The topological polar surface area (TPSA) is 36.3 Å². The highest BCUT2D eigenvalue weighted by atomic mass is 16.5. The van der Waals surface area contributed by atoms with Gasteiger partial charge in [-0.2, -0.15) is 0 Å². The molecule has 0 aliphatic heterocycles. The first-order chi connectivity index (χ1) is 15.8. The van der Waals surface area contributed by atoms with Crippen molar-refractivity contribution in [1.82, 2.24) is 9.55 Å². The smallest absolute Gasteiger partial charge is 0.148 e. The van der Waals surface area contributed by atoms with Crippen LogP contribution in [0.5, 0.6) is 11.5 Å². The summed E-state index contributed by atoms with van der Waals surface area (Å²) in [6.45, 7) is 3.97. The monoisotopic (exact) mass is 422 g/mol. The van der Waals surface area contributed by atoms with Gasteiger partial charge in [0.2, 0.25) is 0 Å². The van der Waals surface area contributed by atoms with Crippen LogP contribution in [0.2, 0.25) is 0 Å². The molecule has 1 aromatic heterocycles. The van der Waals surface area contributed by atoms with E-state index in [-0.39, 0.29) is 0 Å². The zero-order valence-corrected chi connectivity index (χ0v) is 18.2. The highest BCUT2D eigenvalue weighted by molar-refractivity contribution is 5.88. The first-order valence-electron chi connectivity index (χ1n) is 11.0. The van der Waals surface area contributed by atoms with Crippen molar-refractivity contribution in [2.24, 2.45) is 0 Å². The Hall–Kier alpha value is -3.79. The quantitative estimate of drug-likeness (QED) is 0.266. The Kier molecular flexibility index (Phi) is 5.75. The van der Waals surface area contributed by atoms with E-state index in [9.17, 15) is 0 Å². The lowest BCUT2D eigenvalue weighted by Crippen LogP contribution is -2.10. The molecule has 0 atom stereocenters. The molecule has 4 nitrogen and oxygen atoms in total. The predicted molar refractivity (Wildman–Crippen MR) is 129 cm³/mol. The van der Waals surface area contributed by atoms with Gasteiger partial charge in [-0.1, -0.05) is 66.2 Å². The van der Waals surface area contributed by atoms with E-state index < -0.39 is 0 Å². The maximum Gasteiger partial charge on any atom is 0.148 e. The van der Waals surface area contributed by atoms with Crippen molar-refractivity contribution in [3.8, 4) is 11.5 Å². The van der Waals surface area contributed by atoms with Gasteiger partial charge in [-0.05, 0) is 49.1 Å². The zero-order chi connectivity index (χ0) is 21.8. The molecule has 5 rings (SSSR count). The Morgan fingerprint density at radius 3 is 2.47 bits per heavy atom. The highest BCUT2D eigenvalue weighted by Crippen LogP contribution is 2.26. The van der Waals surface area contributed by atoms with Crippen molar-refractivity contribution in [2.45, 2.75) is 26.5 Å². The second-order valence-corrected chi connectivity index (χ2v) is 7.95. The van der Waals surface area contributed by atoms with Gasteiger partial charge >= 0.3 is 0 Å². The summed E-state index contributed by atoms with van der Waals surface area (Å²) in [4.78, 5) is 4.85. The third-order valence-corrected chi connectivity index (χ3v) is 5.66. The summed E-state index contributed by atoms with van der Waals surface area (Å²) in [6.07, 6.45) is 0.884. The minimum atomic E-state index is 0.418. The van der Waals surface area contributed by atoms with E-state index in [0.717, 1.165) is 46.7 Å². The first kappa shape index (κ1) is 20.1. The molecule has 5 aromatic rings. The van der Waals surface area contributed by atoms with Crippen molar-refractivity contribution in [2.75, 3.05) is 6.61 Å². The SMILES string of the molecule is Cc1ccc(OCCCn2c(COc3cccc4ccccc34)nc3ccccc32)cc1. The Labute approximate surface area is 188 Å². The summed E-state index contributed by atoms with van der Waals surface area (Å²) in [5, 5.41) is 2.29. The second kappa shape index (κ2) is 9.15. The van der Waals surface area contributed by atoms with E-state index in [4.69, 9.17) is 14.5 Å². The van der Waals surface area contributed by atoms with Gasteiger partial charge in [-0.3, -0.25) is 0 Å². The number of hydrogen-bond donors (Lipinski definition) is 0. The number of benzene rings is 4. The maximum absolute atomic E-state index is 6.25. The molecule has 0 unspecified atom stereocenters. The molecule has 0 saturated carbocycles. The molecule has 0 amide bonds. The molecule has 4 aromatic carbocycles. The minimum absolute atomic E-state index is 0.418. The van der Waals surface area contributed by atoms with E-state index in [2.05, 4.69) is 60.0 Å². The van der Waals surface area contributed by atoms with Crippen LogP contribution in [0.1, 0.15) is 17.8 Å². The van der Waals surface area contributed by atoms with Gasteiger partial charge in [0.1, 0.15) is 23.9 Å². The van der Waals surface area contributed by atoms with Gasteiger partial charge in [0.15, 0.2) is 0 Å². The number of nitrogens with zero attached hydrogens (tertiary/aromatic N) is 2. The third-order valence-electron chi connectivity index (χ3n) is 5.66. The minimum Gasteiger partial charge on any atom is -0.494 e. The maximum atomic E-state index is 6.25. The van der Waals surface area contributed by atoms with Crippen molar-refractivity contribution in [3.05, 3.63) is 102 Å². The first-order valence-corrected chi connectivity index (χ1v) is 11.0. The number of para-hydroxylation sites is 2. The average molecular weight is 423 g/mol. The van der Waals surface area contributed by atoms with Crippen molar-refractivity contribution < 1.29 is 9.47 Å². The molecule has 1 heterocycles.